The van der Waals surface area contributed by atoms with Crippen LogP contribution in [0.15, 0.2) is 29.8 Å². The highest BCUT2D eigenvalue weighted by Gasteiger charge is 2.03. The predicted molar refractivity (Wildman–Crippen MR) is 60.6 cm³/mol. The second-order valence-corrected chi connectivity index (χ2v) is 3.85. The Kier molecular flexibility index (Phi) is 3.13. The second-order valence-electron chi connectivity index (χ2n) is 3.19. The molecule has 1 N–H and O–H groups in total. The standard InChI is InChI=1S/C11H8FN3S/c12-10-1-2-11(9(3-10)4-13)14-5-8-6-15-16-7-8/h1-3,6-7,14H,5H2. The van der Waals surface area contributed by atoms with Crippen LogP contribution in [0.4, 0.5) is 10.1 Å². The highest BCUT2D eigenvalue weighted by Crippen LogP contribution is 2.17. The van der Waals surface area contributed by atoms with Crippen LogP contribution in [-0.4, -0.2) is 4.37 Å². The molecule has 0 saturated heterocycles. The molecule has 0 radical (unpaired) electrons. The summed E-state index contributed by atoms with van der Waals surface area (Å²) in [6.07, 6.45) is 1.76. The van der Waals surface area contributed by atoms with Gasteiger partial charge in [-0.05, 0) is 29.7 Å². The molecule has 2 rings (SSSR count). The van der Waals surface area contributed by atoms with Crippen LogP contribution in [0.25, 0.3) is 0 Å². The van der Waals surface area contributed by atoms with Crippen molar-refractivity contribution in [3.05, 3.63) is 46.7 Å². The first kappa shape index (κ1) is 10.6. The molecule has 80 valence electrons. The van der Waals surface area contributed by atoms with Crippen molar-refractivity contribution < 1.29 is 4.39 Å². The molecule has 0 amide bonds. The Morgan fingerprint density at radius 3 is 3.06 bits per heavy atom. The van der Waals surface area contributed by atoms with Crippen LogP contribution >= 0.6 is 11.5 Å². The molecule has 1 aromatic heterocycles. The van der Waals surface area contributed by atoms with Crippen LogP contribution in [-0.2, 0) is 6.54 Å². The second kappa shape index (κ2) is 4.73. The molecular formula is C11H8FN3S. The zero-order chi connectivity index (χ0) is 11.4. The number of anilines is 1. The first-order chi connectivity index (χ1) is 7.79. The van der Waals surface area contributed by atoms with Gasteiger partial charge in [0.1, 0.15) is 11.9 Å². The fraction of sp³-hybridized carbons (Fsp3) is 0.0909. The number of benzene rings is 1. The van der Waals surface area contributed by atoms with Crippen molar-refractivity contribution >= 4 is 17.2 Å². The van der Waals surface area contributed by atoms with Gasteiger partial charge >= 0.3 is 0 Å². The summed E-state index contributed by atoms with van der Waals surface area (Å²) in [5, 5.41) is 13.8. The summed E-state index contributed by atoms with van der Waals surface area (Å²) in [6.45, 7) is 0.580. The SMILES string of the molecule is N#Cc1cc(F)ccc1NCc1cnsc1. The van der Waals surface area contributed by atoms with E-state index >= 15 is 0 Å². The normalized spacial score (nSPS) is 9.75. The summed E-state index contributed by atoms with van der Waals surface area (Å²) < 4.78 is 16.8. The van der Waals surface area contributed by atoms with E-state index in [1.54, 1.807) is 12.3 Å². The lowest BCUT2D eigenvalue weighted by Gasteiger charge is -2.06. The number of aromatic nitrogens is 1. The zero-order valence-corrected chi connectivity index (χ0v) is 9.09. The van der Waals surface area contributed by atoms with Gasteiger partial charge in [0, 0.05) is 23.7 Å². The summed E-state index contributed by atoms with van der Waals surface area (Å²) in [5.41, 5.74) is 1.98. The van der Waals surface area contributed by atoms with Gasteiger partial charge in [-0.1, -0.05) is 0 Å². The van der Waals surface area contributed by atoms with Crippen molar-refractivity contribution in [3.8, 4) is 6.07 Å². The Balaban J connectivity index is 2.13. The van der Waals surface area contributed by atoms with Gasteiger partial charge in [0.05, 0.1) is 11.3 Å². The zero-order valence-electron chi connectivity index (χ0n) is 8.27. The number of hydrogen-bond acceptors (Lipinski definition) is 4. The van der Waals surface area contributed by atoms with E-state index in [1.807, 2.05) is 11.4 Å². The summed E-state index contributed by atoms with van der Waals surface area (Å²) in [5.74, 6) is -0.403. The van der Waals surface area contributed by atoms with E-state index in [2.05, 4.69) is 9.69 Å². The smallest absolute Gasteiger partial charge is 0.124 e. The average Bonchev–Trinajstić information content (AvgIpc) is 2.80. The Labute approximate surface area is 96.3 Å². The van der Waals surface area contributed by atoms with Crippen molar-refractivity contribution in [2.45, 2.75) is 6.54 Å². The summed E-state index contributed by atoms with van der Waals surface area (Å²) in [6, 6.07) is 6.06. The monoisotopic (exact) mass is 233 g/mol. The van der Waals surface area contributed by atoms with Crippen molar-refractivity contribution in [2.75, 3.05) is 5.32 Å². The van der Waals surface area contributed by atoms with Crippen LogP contribution in [0, 0.1) is 17.1 Å². The number of halogens is 1. The van der Waals surface area contributed by atoms with Crippen molar-refractivity contribution in [1.82, 2.24) is 4.37 Å². The van der Waals surface area contributed by atoms with Crippen LogP contribution in [0.1, 0.15) is 11.1 Å². The fourth-order valence-corrected chi connectivity index (χ4v) is 1.81. The molecule has 5 heteroatoms. The molecule has 0 aliphatic heterocycles. The lowest BCUT2D eigenvalue weighted by molar-refractivity contribution is 0.627. The van der Waals surface area contributed by atoms with Crippen LogP contribution in [0.5, 0.6) is 0 Å². The highest BCUT2D eigenvalue weighted by molar-refractivity contribution is 7.03. The maximum absolute atomic E-state index is 12.9. The molecule has 0 bridgehead atoms. The van der Waals surface area contributed by atoms with E-state index in [0.717, 1.165) is 5.56 Å². The molecule has 0 spiro atoms. The molecule has 1 aromatic carbocycles. The molecule has 3 nitrogen and oxygen atoms in total. The van der Waals surface area contributed by atoms with E-state index in [9.17, 15) is 4.39 Å². The van der Waals surface area contributed by atoms with Gasteiger partial charge in [-0.2, -0.15) is 5.26 Å². The Morgan fingerprint density at radius 1 is 1.50 bits per heavy atom. The van der Waals surface area contributed by atoms with Gasteiger partial charge in [0.15, 0.2) is 0 Å². The lowest BCUT2D eigenvalue weighted by atomic mass is 10.2. The lowest BCUT2D eigenvalue weighted by Crippen LogP contribution is -2.00. The minimum Gasteiger partial charge on any atom is -0.380 e. The Morgan fingerprint density at radius 2 is 2.38 bits per heavy atom. The van der Waals surface area contributed by atoms with Gasteiger partial charge in [-0.15, -0.1) is 0 Å². The van der Waals surface area contributed by atoms with Gasteiger partial charge in [-0.3, -0.25) is 0 Å². The summed E-state index contributed by atoms with van der Waals surface area (Å²) in [7, 11) is 0. The predicted octanol–water partition coefficient (Wildman–Crippen LogP) is 2.77. The molecule has 0 fully saturated rings. The molecule has 0 aliphatic carbocycles. The molecule has 16 heavy (non-hydrogen) atoms. The minimum atomic E-state index is -0.403. The molecule has 0 saturated carbocycles. The number of nitrogens with zero attached hydrogens (tertiary/aromatic N) is 2. The molecule has 2 aromatic rings. The third kappa shape index (κ3) is 2.35. The Bertz CT molecular complexity index is 517. The third-order valence-electron chi connectivity index (χ3n) is 2.07. The molecule has 0 atom stereocenters. The van der Waals surface area contributed by atoms with Gasteiger partial charge in [0.25, 0.3) is 0 Å². The van der Waals surface area contributed by atoms with Crippen molar-refractivity contribution in [2.24, 2.45) is 0 Å². The van der Waals surface area contributed by atoms with E-state index in [0.29, 0.717) is 17.8 Å². The largest absolute Gasteiger partial charge is 0.380 e. The van der Waals surface area contributed by atoms with Crippen LogP contribution < -0.4 is 5.32 Å². The fourth-order valence-electron chi connectivity index (χ4n) is 1.27. The van der Waals surface area contributed by atoms with Gasteiger partial charge in [0.2, 0.25) is 0 Å². The van der Waals surface area contributed by atoms with Crippen molar-refractivity contribution in [3.63, 3.8) is 0 Å². The first-order valence-electron chi connectivity index (χ1n) is 4.61. The molecule has 0 unspecified atom stereocenters. The number of nitrogens with one attached hydrogen (secondary N) is 1. The molecule has 0 aliphatic rings. The highest BCUT2D eigenvalue weighted by atomic mass is 32.1. The number of nitriles is 1. The van der Waals surface area contributed by atoms with Crippen LogP contribution in [0.3, 0.4) is 0 Å². The average molecular weight is 233 g/mol. The van der Waals surface area contributed by atoms with E-state index in [1.165, 1.54) is 23.7 Å². The van der Waals surface area contributed by atoms with Gasteiger partial charge in [-0.25, -0.2) is 8.76 Å². The van der Waals surface area contributed by atoms with E-state index in [4.69, 9.17) is 5.26 Å². The number of hydrogen-bond donors (Lipinski definition) is 1. The minimum absolute atomic E-state index is 0.309. The topological polar surface area (TPSA) is 48.7 Å². The first-order valence-corrected chi connectivity index (χ1v) is 5.45. The summed E-state index contributed by atoms with van der Waals surface area (Å²) >= 11 is 1.37. The van der Waals surface area contributed by atoms with E-state index < -0.39 is 5.82 Å². The molecule has 1 heterocycles. The quantitative estimate of drug-likeness (QED) is 0.886. The summed E-state index contributed by atoms with van der Waals surface area (Å²) in [4.78, 5) is 0. The Hall–Kier alpha value is -1.93. The molecular weight excluding hydrogens is 225 g/mol. The maximum Gasteiger partial charge on any atom is 0.124 e. The maximum atomic E-state index is 12.9. The third-order valence-corrected chi connectivity index (χ3v) is 2.70. The van der Waals surface area contributed by atoms with Crippen LogP contribution in [0.2, 0.25) is 0 Å². The number of rotatable bonds is 3. The van der Waals surface area contributed by atoms with E-state index in [-0.39, 0.29) is 0 Å². The van der Waals surface area contributed by atoms with Gasteiger partial charge < -0.3 is 5.32 Å². The van der Waals surface area contributed by atoms with Crippen molar-refractivity contribution in [1.29, 1.82) is 5.26 Å².